The molecular formula is C14H14ClN3S. The van der Waals surface area contributed by atoms with E-state index < -0.39 is 0 Å². The molecule has 19 heavy (non-hydrogen) atoms. The lowest BCUT2D eigenvalue weighted by Gasteiger charge is -2.15. The molecular weight excluding hydrogens is 278 g/mol. The molecule has 2 heterocycles. The number of thiophene rings is 1. The first kappa shape index (κ1) is 12.5. The van der Waals surface area contributed by atoms with Crippen LogP contribution in [-0.4, -0.2) is 9.55 Å². The number of nitrogens with two attached hydrogens (primary N) is 1. The van der Waals surface area contributed by atoms with E-state index in [0.29, 0.717) is 11.0 Å². The number of rotatable bonds is 3. The Morgan fingerprint density at radius 1 is 1.42 bits per heavy atom. The summed E-state index contributed by atoms with van der Waals surface area (Å²) >= 11 is 7.70. The highest BCUT2D eigenvalue weighted by atomic mass is 35.5. The molecule has 5 heteroatoms. The molecule has 0 saturated heterocycles. The van der Waals surface area contributed by atoms with Crippen LogP contribution >= 0.6 is 22.9 Å². The van der Waals surface area contributed by atoms with Gasteiger partial charge in [0.15, 0.2) is 0 Å². The normalized spacial score (nSPS) is 12.9. The fourth-order valence-corrected chi connectivity index (χ4v) is 3.24. The van der Waals surface area contributed by atoms with Gasteiger partial charge < -0.3 is 10.3 Å². The van der Waals surface area contributed by atoms with Crippen molar-refractivity contribution in [3.05, 3.63) is 45.6 Å². The average molecular weight is 292 g/mol. The van der Waals surface area contributed by atoms with E-state index >= 15 is 0 Å². The molecule has 3 nitrogen and oxygen atoms in total. The summed E-state index contributed by atoms with van der Waals surface area (Å²) in [6.45, 7) is 2.16. The minimum Gasteiger partial charge on any atom is -0.369 e. The number of aromatic nitrogens is 2. The van der Waals surface area contributed by atoms with Crippen LogP contribution < -0.4 is 5.73 Å². The van der Waals surface area contributed by atoms with Gasteiger partial charge in [-0.2, -0.15) is 11.3 Å². The minimum atomic E-state index is 0.265. The van der Waals surface area contributed by atoms with Gasteiger partial charge in [0.25, 0.3) is 0 Å². The molecule has 0 amide bonds. The summed E-state index contributed by atoms with van der Waals surface area (Å²) in [4.78, 5) is 4.38. The van der Waals surface area contributed by atoms with Crippen molar-refractivity contribution in [2.45, 2.75) is 19.4 Å². The summed E-state index contributed by atoms with van der Waals surface area (Å²) < 4.78 is 2.07. The van der Waals surface area contributed by atoms with E-state index in [4.69, 9.17) is 17.3 Å². The van der Waals surface area contributed by atoms with Gasteiger partial charge in [-0.3, -0.25) is 0 Å². The molecule has 0 fully saturated rings. The van der Waals surface area contributed by atoms with E-state index in [1.807, 2.05) is 18.2 Å². The van der Waals surface area contributed by atoms with Crippen LogP contribution in [0.15, 0.2) is 35.0 Å². The van der Waals surface area contributed by atoms with Gasteiger partial charge in [-0.05, 0) is 53.9 Å². The first-order valence-corrected chi connectivity index (χ1v) is 7.41. The lowest BCUT2D eigenvalue weighted by atomic mass is 10.1. The predicted molar refractivity (Wildman–Crippen MR) is 81.9 cm³/mol. The number of hydrogen-bond acceptors (Lipinski definition) is 3. The van der Waals surface area contributed by atoms with Crippen molar-refractivity contribution >= 4 is 39.9 Å². The van der Waals surface area contributed by atoms with Crippen molar-refractivity contribution in [3.63, 3.8) is 0 Å². The van der Waals surface area contributed by atoms with Crippen LogP contribution in [0.3, 0.4) is 0 Å². The van der Waals surface area contributed by atoms with Crippen LogP contribution in [0.2, 0.25) is 5.02 Å². The van der Waals surface area contributed by atoms with Crippen molar-refractivity contribution in [3.8, 4) is 0 Å². The van der Waals surface area contributed by atoms with Crippen molar-refractivity contribution in [2.24, 2.45) is 0 Å². The van der Waals surface area contributed by atoms with Crippen molar-refractivity contribution in [1.29, 1.82) is 0 Å². The first-order valence-electron chi connectivity index (χ1n) is 6.09. The van der Waals surface area contributed by atoms with Crippen molar-refractivity contribution in [1.82, 2.24) is 9.55 Å². The van der Waals surface area contributed by atoms with Gasteiger partial charge in [0.2, 0.25) is 5.95 Å². The second-order valence-corrected chi connectivity index (χ2v) is 5.87. The maximum atomic E-state index is 6.04. The average Bonchev–Trinajstić information content (AvgIpc) is 2.95. The molecule has 2 N–H and O–H groups in total. The molecule has 0 spiro atoms. The summed E-state index contributed by atoms with van der Waals surface area (Å²) in [5.41, 5.74) is 9.25. The van der Waals surface area contributed by atoms with E-state index in [0.717, 1.165) is 17.5 Å². The Bertz CT molecular complexity index is 703. The lowest BCUT2D eigenvalue weighted by molar-refractivity contribution is 0.567. The molecule has 1 atom stereocenters. The third-order valence-electron chi connectivity index (χ3n) is 3.23. The zero-order valence-electron chi connectivity index (χ0n) is 10.5. The molecule has 1 unspecified atom stereocenters. The maximum absolute atomic E-state index is 6.04. The Kier molecular flexibility index (Phi) is 3.21. The summed E-state index contributed by atoms with van der Waals surface area (Å²) in [7, 11) is 0. The molecule has 1 aromatic carbocycles. The number of fused-ring (bicyclic) bond motifs is 1. The lowest BCUT2D eigenvalue weighted by Crippen LogP contribution is -2.11. The summed E-state index contributed by atoms with van der Waals surface area (Å²) in [6.07, 6.45) is 0.946. The number of benzene rings is 1. The van der Waals surface area contributed by atoms with Crippen LogP contribution in [0.25, 0.3) is 11.0 Å². The molecule has 0 bridgehead atoms. The predicted octanol–water partition coefficient (Wildman–Crippen LogP) is 4.14. The molecule has 0 radical (unpaired) electrons. The number of hydrogen-bond donors (Lipinski definition) is 1. The van der Waals surface area contributed by atoms with Crippen molar-refractivity contribution < 1.29 is 0 Å². The van der Waals surface area contributed by atoms with Gasteiger partial charge in [0.1, 0.15) is 0 Å². The Labute approximate surface area is 120 Å². The van der Waals surface area contributed by atoms with Crippen LogP contribution in [-0.2, 0) is 6.42 Å². The Morgan fingerprint density at radius 2 is 2.26 bits per heavy atom. The molecule has 98 valence electrons. The highest BCUT2D eigenvalue weighted by Gasteiger charge is 2.14. The standard InChI is InChI=1S/C14H14ClN3S/c1-9(6-10-4-5-19-8-10)18-13-3-2-11(15)7-12(13)17-14(18)16/h2-5,7-9H,6H2,1H3,(H2,16,17). The SMILES string of the molecule is CC(Cc1ccsc1)n1c(N)nc2cc(Cl)ccc21. The van der Waals surface area contributed by atoms with Gasteiger partial charge >= 0.3 is 0 Å². The van der Waals surface area contributed by atoms with Crippen LogP contribution in [0.1, 0.15) is 18.5 Å². The largest absolute Gasteiger partial charge is 0.369 e. The third kappa shape index (κ3) is 2.33. The topological polar surface area (TPSA) is 43.8 Å². The summed E-state index contributed by atoms with van der Waals surface area (Å²) in [5, 5.41) is 4.95. The quantitative estimate of drug-likeness (QED) is 0.788. The fraction of sp³-hybridized carbons (Fsp3) is 0.214. The molecule has 0 aliphatic rings. The summed E-state index contributed by atoms with van der Waals surface area (Å²) in [6, 6.07) is 8.11. The Hall–Kier alpha value is -1.52. The number of halogens is 1. The van der Waals surface area contributed by atoms with Gasteiger partial charge in [-0.15, -0.1) is 0 Å². The molecule has 0 aliphatic heterocycles. The van der Waals surface area contributed by atoms with Gasteiger partial charge in [0.05, 0.1) is 11.0 Å². The van der Waals surface area contributed by atoms with E-state index in [1.165, 1.54) is 5.56 Å². The number of nitrogens with zero attached hydrogens (tertiary/aromatic N) is 2. The van der Waals surface area contributed by atoms with Crippen LogP contribution in [0, 0.1) is 0 Å². The highest BCUT2D eigenvalue weighted by molar-refractivity contribution is 7.07. The second kappa shape index (κ2) is 4.87. The van der Waals surface area contributed by atoms with Gasteiger partial charge in [0, 0.05) is 11.1 Å². The number of nitrogen functional groups attached to an aromatic ring is 1. The molecule has 0 aliphatic carbocycles. The van der Waals surface area contributed by atoms with Gasteiger partial charge in [-0.1, -0.05) is 11.6 Å². The second-order valence-electron chi connectivity index (χ2n) is 4.66. The van der Waals surface area contributed by atoms with E-state index in [2.05, 4.69) is 33.3 Å². The van der Waals surface area contributed by atoms with Crippen LogP contribution in [0.4, 0.5) is 5.95 Å². The Morgan fingerprint density at radius 3 is 3.00 bits per heavy atom. The van der Waals surface area contributed by atoms with E-state index in [1.54, 1.807) is 11.3 Å². The number of anilines is 1. The number of imidazole rings is 1. The highest BCUT2D eigenvalue weighted by Crippen LogP contribution is 2.27. The van der Waals surface area contributed by atoms with Gasteiger partial charge in [-0.25, -0.2) is 4.98 Å². The maximum Gasteiger partial charge on any atom is 0.201 e. The zero-order valence-corrected chi connectivity index (χ0v) is 12.1. The minimum absolute atomic E-state index is 0.265. The first-order chi connectivity index (χ1) is 9.15. The third-order valence-corrected chi connectivity index (χ3v) is 4.20. The molecule has 3 aromatic rings. The van der Waals surface area contributed by atoms with Crippen LogP contribution in [0.5, 0.6) is 0 Å². The van der Waals surface area contributed by atoms with Crippen molar-refractivity contribution in [2.75, 3.05) is 5.73 Å². The Balaban J connectivity index is 2.01. The van der Waals surface area contributed by atoms with E-state index in [-0.39, 0.29) is 6.04 Å². The summed E-state index contributed by atoms with van der Waals surface area (Å²) in [5.74, 6) is 0.542. The smallest absolute Gasteiger partial charge is 0.201 e. The molecule has 0 saturated carbocycles. The fourth-order valence-electron chi connectivity index (χ4n) is 2.39. The molecule has 2 aromatic heterocycles. The van der Waals surface area contributed by atoms with E-state index in [9.17, 15) is 0 Å². The molecule has 3 rings (SSSR count). The zero-order chi connectivity index (χ0) is 13.4. The monoisotopic (exact) mass is 291 g/mol.